The van der Waals surface area contributed by atoms with E-state index >= 15 is 0 Å². The molecule has 2 aliphatic heterocycles. The van der Waals surface area contributed by atoms with E-state index in [9.17, 15) is 9.90 Å². The molecule has 86 valence electrons. The van der Waals surface area contributed by atoms with Crippen LogP contribution in [-0.2, 0) is 4.74 Å². The van der Waals surface area contributed by atoms with Crippen molar-refractivity contribution in [3.05, 3.63) is 0 Å². The van der Waals surface area contributed by atoms with E-state index in [1.165, 1.54) is 0 Å². The fourth-order valence-corrected chi connectivity index (χ4v) is 2.75. The van der Waals surface area contributed by atoms with Crippen molar-refractivity contribution in [1.29, 1.82) is 0 Å². The average Bonchev–Trinajstić information content (AvgIpc) is 2.44. The second kappa shape index (κ2) is 3.98. The predicted molar refractivity (Wildman–Crippen MR) is 55.0 cm³/mol. The number of nitrogens with zero attached hydrogens (tertiary/aromatic N) is 1. The summed E-state index contributed by atoms with van der Waals surface area (Å²) < 4.78 is 5.43. The van der Waals surface area contributed by atoms with E-state index in [4.69, 9.17) is 4.74 Å². The van der Waals surface area contributed by atoms with Gasteiger partial charge in [-0.2, -0.15) is 0 Å². The lowest BCUT2D eigenvalue weighted by Crippen LogP contribution is -2.64. The lowest BCUT2D eigenvalue weighted by Gasteiger charge is -2.43. The molecule has 2 unspecified atom stereocenters. The Morgan fingerprint density at radius 2 is 2.53 bits per heavy atom. The van der Waals surface area contributed by atoms with Crippen molar-refractivity contribution in [3.63, 3.8) is 0 Å². The van der Waals surface area contributed by atoms with Gasteiger partial charge in [-0.25, -0.2) is 4.79 Å². The molecule has 0 radical (unpaired) electrons. The molecule has 1 amide bonds. The highest BCUT2D eigenvalue weighted by Crippen LogP contribution is 2.36. The molecule has 0 saturated carbocycles. The van der Waals surface area contributed by atoms with Gasteiger partial charge in [-0.05, 0) is 19.8 Å². The first kappa shape index (κ1) is 10.7. The first-order chi connectivity index (χ1) is 7.19. The second-order valence-electron chi connectivity index (χ2n) is 4.34. The minimum atomic E-state index is -0.807. The van der Waals surface area contributed by atoms with Gasteiger partial charge in [0.1, 0.15) is 0 Å². The van der Waals surface area contributed by atoms with Gasteiger partial charge >= 0.3 is 6.09 Å². The van der Waals surface area contributed by atoms with Gasteiger partial charge in [0.15, 0.2) is 0 Å². The molecule has 0 aromatic rings. The molecule has 2 heterocycles. The highest BCUT2D eigenvalue weighted by molar-refractivity contribution is 5.67. The highest BCUT2D eigenvalue weighted by atomic mass is 16.5. The summed E-state index contributed by atoms with van der Waals surface area (Å²) >= 11 is 0. The number of ether oxygens (including phenoxy) is 1. The first-order valence-corrected chi connectivity index (χ1v) is 5.50. The van der Waals surface area contributed by atoms with E-state index in [2.05, 4.69) is 5.32 Å². The minimum Gasteiger partial charge on any atom is -0.465 e. The molecule has 5 heteroatoms. The summed E-state index contributed by atoms with van der Waals surface area (Å²) in [5.74, 6) is 0. The van der Waals surface area contributed by atoms with E-state index in [-0.39, 0.29) is 11.6 Å². The van der Waals surface area contributed by atoms with Crippen molar-refractivity contribution in [2.45, 2.75) is 31.3 Å². The normalized spacial score (nSPS) is 34.5. The Morgan fingerprint density at radius 1 is 1.73 bits per heavy atom. The molecule has 2 aliphatic rings. The Morgan fingerprint density at radius 3 is 3.20 bits per heavy atom. The molecule has 2 N–H and O–H groups in total. The van der Waals surface area contributed by atoms with Crippen molar-refractivity contribution in [1.82, 2.24) is 10.2 Å². The molecular weight excluding hydrogens is 196 g/mol. The quantitative estimate of drug-likeness (QED) is 0.718. The molecule has 15 heavy (non-hydrogen) atoms. The third kappa shape index (κ3) is 1.70. The summed E-state index contributed by atoms with van der Waals surface area (Å²) in [7, 11) is 0. The fourth-order valence-electron chi connectivity index (χ4n) is 2.75. The van der Waals surface area contributed by atoms with Crippen LogP contribution < -0.4 is 5.32 Å². The zero-order valence-electron chi connectivity index (χ0n) is 9.03. The molecule has 2 rings (SSSR count). The molecule has 2 bridgehead atoms. The van der Waals surface area contributed by atoms with Crippen LogP contribution in [0.25, 0.3) is 0 Å². The van der Waals surface area contributed by atoms with Gasteiger partial charge in [-0.3, -0.25) is 4.90 Å². The van der Waals surface area contributed by atoms with Crippen LogP contribution >= 0.6 is 0 Å². The monoisotopic (exact) mass is 214 g/mol. The van der Waals surface area contributed by atoms with Gasteiger partial charge in [0, 0.05) is 25.7 Å². The van der Waals surface area contributed by atoms with E-state index in [1.54, 1.807) is 4.90 Å². The van der Waals surface area contributed by atoms with Crippen LogP contribution in [0, 0.1) is 0 Å². The summed E-state index contributed by atoms with van der Waals surface area (Å²) in [5.41, 5.74) is -0.315. The summed E-state index contributed by atoms with van der Waals surface area (Å²) in [6.45, 7) is 4.58. The molecule has 0 aliphatic carbocycles. The van der Waals surface area contributed by atoms with Crippen LogP contribution in [-0.4, -0.2) is 54.0 Å². The average molecular weight is 214 g/mol. The van der Waals surface area contributed by atoms with Crippen molar-refractivity contribution in [2.75, 3.05) is 26.3 Å². The van der Waals surface area contributed by atoms with Crippen molar-refractivity contribution >= 4 is 6.09 Å². The van der Waals surface area contributed by atoms with Crippen LogP contribution in [0.5, 0.6) is 0 Å². The summed E-state index contributed by atoms with van der Waals surface area (Å²) in [6.07, 6.45) is 1.06. The van der Waals surface area contributed by atoms with E-state index < -0.39 is 6.09 Å². The molecule has 2 fully saturated rings. The summed E-state index contributed by atoms with van der Waals surface area (Å²) in [6, 6.07) is 0.136. The predicted octanol–water partition coefficient (Wildman–Crippen LogP) is 0.507. The van der Waals surface area contributed by atoms with Crippen molar-refractivity contribution in [3.8, 4) is 0 Å². The number of carboxylic acid groups (broad SMARTS) is 1. The van der Waals surface area contributed by atoms with Crippen molar-refractivity contribution in [2.24, 2.45) is 0 Å². The number of carbonyl (C=O) groups is 1. The zero-order valence-corrected chi connectivity index (χ0v) is 9.03. The van der Waals surface area contributed by atoms with E-state index in [0.717, 1.165) is 25.9 Å². The Kier molecular flexibility index (Phi) is 2.84. The highest BCUT2D eigenvalue weighted by Gasteiger charge is 2.51. The van der Waals surface area contributed by atoms with E-state index in [1.807, 2.05) is 6.92 Å². The number of piperazine rings is 1. The lowest BCUT2D eigenvalue weighted by atomic mass is 9.97. The lowest BCUT2D eigenvalue weighted by molar-refractivity contribution is -0.00207. The molecule has 2 atom stereocenters. The molecule has 0 aromatic heterocycles. The summed E-state index contributed by atoms with van der Waals surface area (Å²) in [5, 5.41) is 12.5. The number of hydrogen-bond donors (Lipinski definition) is 2. The van der Waals surface area contributed by atoms with Gasteiger partial charge in [-0.1, -0.05) is 0 Å². The van der Waals surface area contributed by atoms with Gasteiger partial charge in [0.2, 0.25) is 0 Å². The Bertz CT molecular complexity index is 255. The molecule has 0 aromatic carbocycles. The Balaban J connectivity index is 2.15. The van der Waals surface area contributed by atoms with Gasteiger partial charge < -0.3 is 15.2 Å². The standard InChI is InChI=1S/C10H18N2O3/c1-2-15-7-10-4-3-8(5-11-6-10)12(10)9(13)14/h8,11H,2-7H2,1H3,(H,13,14). The third-order valence-electron chi connectivity index (χ3n) is 3.43. The maximum atomic E-state index is 11.2. The molecule has 2 saturated heterocycles. The van der Waals surface area contributed by atoms with E-state index in [0.29, 0.717) is 13.2 Å². The summed E-state index contributed by atoms with van der Waals surface area (Å²) in [4.78, 5) is 12.8. The first-order valence-electron chi connectivity index (χ1n) is 5.50. The topological polar surface area (TPSA) is 61.8 Å². The van der Waals surface area contributed by atoms with Crippen LogP contribution in [0.1, 0.15) is 19.8 Å². The van der Waals surface area contributed by atoms with Crippen LogP contribution in [0.2, 0.25) is 0 Å². The third-order valence-corrected chi connectivity index (χ3v) is 3.43. The maximum Gasteiger partial charge on any atom is 0.408 e. The maximum absolute atomic E-state index is 11.2. The number of nitrogens with one attached hydrogen (secondary N) is 1. The number of hydrogen-bond acceptors (Lipinski definition) is 3. The Labute approximate surface area is 89.4 Å². The number of amides is 1. The van der Waals surface area contributed by atoms with Gasteiger partial charge in [-0.15, -0.1) is 0 Å². The second-order valence-corrected chi connectivity index (χ2v) is 4.34. The van der Waals surface area contributed by atoms with Crippen molar-refractivity contribution < 1.29 is 14.6 Å². The SMILES string of the molecule is CCOCC12CCC(CNC1)N2C(=O)O. The van der Waals surface area contributed by atoms with Crippen LogP contribution in [0.3, 0.4) is 0 Å². The molecule has 5 nitrogen and oxygen atoms in total. The zero-order chi connectivity index (χ0) is 10.9. The van der Waals surface area contributed by atoms with Gasteiger partial charge in [0.25, 0.3) is 0 Å². The fraction of sp³-hybridized carbons (Fsp3) is 0.900. The Hall–Kier alpha value is -0.810. The molecular formula is C10H18N2O3. The largest absolute Gasteiger partial charge is 0.465 e. The molecule has 0 spiro atoms. The van der Waals surface area contributed by atoms with Gasteiger partial charge in [0.05, 0.1) is 12.1 Å². The van der Waals surface area contributed by atoms with Crippen LogP contribution in [0.4, 0.5) is 4.79 Å². The number of rotatable bonds is 3. The number of fused-ring (bicyclic) bond motifs is 2. The van der Waals surface area contributed by atoms with Crippen LogP contribution in [0.15, 0.2) is 0 Å². The smallest absolute Gasteiger partial charge is 0.408 e. The minimum absolute atomic E-state index is 0.136.